The van der Waals surface area contributed by atoms with Gasteiger partial charge in [-0.25, -0.2) is 0 Å². The number of hydrogen-bond acceptors (Lipinski definition) is 3. The first-order chi connectivity index (χ1) is 13.2. The molecule has 3 aromatic rings. The van der Waals surface area contributed by atoms with Gasteiger partial charge in [-0.1, -0.05) is 30.3 Å². The Kier molecular flexibility index (Phi) is 4.54. The number of H-pyrrole nitrogens is 1. The summed E-state index contributed by atoms with van der Waals surface area (Å²) < 4.78 is 5.76. The maximum atomic E-state index is 13.0. The minimum absolute atomic E-state index is 0.0232. The second-order valence-electron chi connectivity index (χ2n) is 6.55. The van der Waals surface area contributed by atoms with Crippen LogP contribution < -0.4 is 15.0 Å². The summed E-state index contributed by atoms with van der Waals surface area (Å²) in [6.45, 7) is 0.212. The molecule has 6 nitrogen and oxygen atoms in total. The summed E-state index contributed by atoms with van der Waals surface area (Å²) in [5.74, 6) is 0.293. The van der Waals surface area contributed by atoms with E-state index in [1.165, 1.54) is 0 Å². The summed E-state index contributed by atoms with van der Waals surface area (Å²) in [5.41, 5.74) is 2.89. The monoisotopic (exact) mass is 363 g/mol. The number of likely N-dealkylation sites (N-methyl/N-ethyl adjacent to an activating group) is 1. The standard InChI is InChI=1S/C21H21N3O3/c1-22-21(26)19-13-24(17-8-4-5-9-18(17)27-19)20(25)11-10-14-12-23-16-7-3-2-6-15(14)16/h2-9,12,19,23H,10-11,13H2,1H3,(H,22,26)/t19-/m1/s1. The zero-order chi connectivity index (χ0) is 18.8. The van der Waals surface area contributed by atoms with E-state index in [9.17, 15) is 9.59 Å². The molecule has 2 aromatic carbocycles. The van der Waals surface area contributed by atoms with E-state index in [-0.39, 0.29) is 18.4 Å². The van der Waals surface area contributed by atoms with Crippen LogP contribution >= 0.6 is 0 Å². The number of aromatic nitrogens is 1. The van der Waals surface area contributed by atoms with Gasteiger partial charge in [-0.05, 0) is 30.2 Å². The summed E-state index contributed by atoms with van der Waals surface area (Å²) in [7, 11) is 1.56. The third kappa shape index (κ3) is 3.26. The van der Waals surface area contributed by atoms with Gasteiger partial charge in [0.2, 0.25) is 5.91 Å². The second kappa shape index (κ2) is 7.15. The lowest BCUT2D eigenvalue weighted by atomic mass is 10.1. The van der Waals surface area contributed by atoms with Crippen LogP contribution in [0.1, 0.15) is 12.0 Å². The lowest BCUT2D eigenvalue weighted by Crippen LogP contribution is -2.50. The van der Waals surface area contributed by atoms with Crippen molar-refractivity contribution < 1.29 is 14.3 Å². The van der Waals surface area contributed by atoms with Crippen LogP contribution in [0.3, 0.4) is 0 Å². The number of nitrogens with zero attached hydrogens (tertiary/aromatic N) is 1. The molecule has 0 unspecified atom stereocenters. The number of benzene rings is 2. The molecule has 0 saturated heterocycles. The summed E-state index contributed by atoms with van der Waals surface area (Å²) in [6, 6.07) is 15.4. The Morgan fingerprint density at radius 3 is 2.81 bits per heavy atom. The molecule has 2 amide bonds. The fourth-order valence-corrected chi connectivity index (χ4v) is 3.48. The number of carbonyl (C=O) groups is 2. The fraction of sp³-hybridized carbons (Fsp3) is 0.238. The van der Waals surface area contributed by atoms with E-state index in [2.05, 4.69) is 16.4 Å². The minimum Gasteiger partial charge on any atom is -0.477 e. The molecule has 0 radical (unpaired) electrons. The second-order valence-corrected chi connectivity index (χ2v) is 6.55. The van der Waals surface area contributed by atoms with E-state index in [0.29, 0.717) is 24.3 Å². The SMILES string of the molecule is CNC(=O)[C@H]1CN(C(=O)CCc2c[nH]c3ccccc23)c2ccccc2O1. The predicted molar refractivity (Wildman–Crippen MR) is 104 cm³/mol. The maximum Gasteiger partial charge on any atom is 0.262 e. The number of rotatable bonds is 4. The molecule has 0 spiro atoms. The highest BCUT2D eigenvalue weighted by atomic mass is 16.5. The third-order valence-corrected chi connectivity index (χ3v) is 4.90. The van der Waals surface area contributed by atoms with Gasteiger partial charge in [0.1, 0.15) is 5.75 Å². The normalized spacial score (nSPS) is 15.9. The number of ether oxygens (including phenoxy) is 1. The van der Waals surface area contributed by atoms with Crippen LogP contribution in [0.25, 0.3) is 10.9 Å². The molecule has 0 saturated carbocycles. The number of anilines is 1. The van der Waals surface area contributed by atoms with Gasteiger partial charge in [-0.3, -0.25) is 9.59 Å². The van der Waals surface area contributed by atoms with Gasteiger partial charge in [0.05, 0.1) is 12.2 Å². The van der Waals surface area contributed by atoms with E-state index in [1.807, 2.05) is 42.6 Å². The average Bonchev–Trinajstić information content (AvgIpc) is 3.13. The van der Waals surface area contributed by atoms with Gasteiger partial charge in [-0.15, -0.1) is 0 Å². The zero-order valence-corrected chi connectivity index (χ0v) is 15.1. The molecular weight excluding hydrogens is 342 g/mol. The lowest BCUT2D eigenvalue weighted by Gasteiger charge is -2.34. The number of carbonyl (C=O) groups excluding carboxylic acids is 2. The smallest absolute Gasteiger partial charge is 0.262 e. The molecule has 1 aliphatic heterocycles. The molecule has 2 N–H and O–H groups in total. The molecule has 2 heterocycles. The van der Waals surface area contributed by atoms with Crippen molar-refractivity contribution in [1.82, 2.24) is 10.3 Å². The molecule has 0 aliphatic carbocycles. The topological polar surface area (TPSA) is 74.4 Å². The van der Waals surface area contributed by atoms with E-state index in [1.54, 1.807) is 18.0 Å². The van der Waals surface area contributed by atoms with Gasteiger partial charge in [0, 0.05) is 30.6 Å². The van der Waals surface area contributed by atoms with Crippen LogP contribution in [-0.2, 0) is 16.0 Å². The Balaban J connectivity index is 1.54. The maximum absolute atomic E-state index is 13.0. The Morgan fingerprint density at radius 1 is 1.19 bits per heavy atom. The summed E-state index contributed by atoms with van der Waals surface area (Å²) in [6.07, 6.45) is 2.24. The van der Waals surface area contributed by atoms with Crippen LogP contribution in [0.5, 0.6) is 5.75 Å². The third-order valence-electron chi connectivity index (χ3n) is 4.90. The van der Waals surface area contributed by atoms with Crippen molar-refractivity contribution in [2.24, 2.45) is 0 Å². The first-order valence-electron chi connectivity index (χ1n) is 9.00. The van der Waals surface area contributed by atoms with Gasteiger partial charge >= 0.3 is 0 Å². The van der Waals surface area contributed by atoms with Crippen LogP contribution in [0.15, 0.2) is 54.7 Å². The minimum atomic E-state index is -0.707. The molecule has 138 valence electrons. The van der Waals surface area contributed by atoms with E-state index in [4.69, 9.17) is 4.74 Å². The molecule has 0 bridgehead atoms. The Labute approximate surface area is 157 Å². The molecule has 1 aliphatic rings. The van der Waals surface area contributed by atoms with E-state index < -0.39 is 6.10 Å². The highest BCUT2D eigenvalue weighted by Crippen LogP contribution is 2.33. The Bertz CT molecular complexity index is 995. The summed E-state index contributed by atoms with van der Waals surface area (Å²) in [4.78, 5) is 29.9. The zero-order valence-electron chi connectivity index (χ0n) is 15.1. The van der Waals surface area contributed by atoms with Crippen molar-refractivity contribution in [2.45, 2.75) is 18.9 Å². The van der Waals surface area contributed by atoms with Gasteiger partial charge < -0.3 is 19.9 Å². The number of nitrogens with one attached hydrogen (secondary N) is 2. The average molecular weight is 363 g/mol. The Hall–Kier alpha value is -3.28. The number of hydrogen-bond donors (Lipinski definition) is 2. The van der Waals surface area contributed by atoms with Gasteiger partial charge in [0.15, 0.2) is 6.10 Å². The summed E-state index contributed by atoms with van der Waals surface area (Å²) in [5, 5.41) is 3.73. The van der Waals surface area contributed by atoms with Crippen molar-refractivity contribution >= 4 is 28.4 Å². The van der Waals surface area contributed by atoms with Gasteiger partial charge in [0.25, 0.3) is 5.91 Å². The molecule has 4 rings (SSSR count). The quantitative estimate of drug-likeness (QED) is 0.748. The van der Waals surface area contributed by atoms with Crippen LogP contribution in [0.2, 0.25) is 0 Å². The van der Waals surface area contributed by atoms with Crippen LogP contribution in [-0.4, -0.2) is 36.5 Å². The largest absolute Gasteiger partial charge is 0.477 e. The number of fused-ring (bicyclic) bond motifs is 2. The van der Waals surface area contributed by atoms with Crippen LogP contribution in [0, 0.1) is 0 Å². The first-order valence-corrected chi connectivity index (χ1v) is 9.00. The van der Waals surface area contributed by atoms with E-state index >= 15 is 0 Å². The van der Waals surface area contributed by atoms with E-state index in [0.717, 1.165) is 16.5 Å². The molecule has 1 atom stereocenters. The predicted octanol–water partition coefficient (Wildman–Crippen LogP) is 2.64. The fourth-order valence-electron chi connectivity index (χ4n) is 3.48. The molecular formula is C21H21N3O3. The van der Waals surface area contributed by atoms with Gasteiger partial charge in [-0.2, -0.15) is 0 Å². The van der Waals surface area contributed by atoms with Crippen LogP contribution in [0.4, 0.5) is 5.69 Å². The molecule has 0 fully saturated rings. The summed E-state index contributed by atoms with van der Waals surface area (Å²) >= 11 is 0. The van der Waals surface area contributed by atoms with Crippen molar-refractivity contribution in [3.05, 3.63) is 60.3 Å². The Morgan fingerprint density at radius 2 is 1.96 bits per heavy atom. The molecule has 1 aromatic heterocycles. The van der Waals surface area contributed by atoms with Crippen molar-refractivity contribution in [3.63, 3.8) is 0 Å². The first kappa shape index (κ1) is 17.1. The number of aryl methyl sites for hydroxylation is 1. The number of amides is 2. The van der Waals surface area contributed by atoms with Crippen molar-refractivity contribution in [2.75, 3.05) is 18.5 Å². The molecule has 6 heteroatoms. The number of para-hydroxylation sites is 3. The van der Waals surface area contributed by atoms with Crippen molar-refractivity contribution in [3.8, 4) is 5.75 Å². The lowest BCUT2D eigenvalue weighted by molar-refractivity contribution is -0.127. The van der Waals surface area contributed by atoms with Crippen molar-refractivity contribution in [1.29, 1.82) is 0 Å². The highest BCUT2D eigenvalue weighted by molar-refractivity contribution is 5.97. The highest BCUT2D eigenvalue weighted by Gasteiger charge is 2.33. The molecule has 27 heavy (non-hydrogen) atoms. The number of aromatic amines is 1.